The second-order valence-electron chi connectivity index (χ2n) is 3.16. The molecule has 0 aliphatic heterocycles. The molecule has 0 bridgehead atoms. The van der Waals surface area contributed by atoms with E-state index in [0.29, 0.717) is 17.8 Å². The Balaban J connectivity index is 2.23. The molecule has 0 aromatic heterocycles. The molecule has 4 heteroatoms. The van der Waals surface area contributed by atoms with Crippen molar-refractivity contribution in [3.63, 3.8) is 0 Å². The molecule has 0 amide bonds. The van der Waals surface area contributed by atoms with Gasteiger partial charge in [-0.05, 0) is 19.8 Å². The summed E-state index contributed by atoms with van der Waals surface area (Å²) in [4.78, 5) is 0.705. The van der Waals surface area contributed by atoms with Crippen molar-refractivity contribution in [2.75, 3.05) is 6.67 Å². The van der Waals surface area contributed by atoms with Crippen LogP contribution in [0.4, 0.5) is 4.39 Å². The summed E-state index contributed by atoms with van der Waals surface area (Å²) in [7, 11) is 0. The average molecular weight is 177 g/mol. The van der Waals surface area contributed by atoms with Gasteiger partial charge in [0.15, 0.2) is 0 Å². The van der Waals surface area contributed by atoms with E-state index in [-0.39, 0.29) is 6.04 Å². The first kappa shape index (κ1) is 8.87. The number of alkyl halides is 1. The van der Waals surface area contributed by atoms with E-state index >= 15 is 0 Å². The quantitative estimate of drug-likeness (QED) is 0.611. The van der Waals surface area contributed by atoms with Crippen molar-refractivity contribution in [3.05, 3.63) is 0 Å². The van der Waals surface area contributed by atoms with Gasteiger partial charge in [0.05, 0.1) is 10.6 Å². The van der Waals surface area contributed by atoms with Crippen LogP contribution in [0.1, 0.15) is 19.8 Å². The van der Waals surface area contributed by atoms with Gasteiger partial charge < -0.3 is 10.4 Å². The molecular formula is C7H12FNOS. The zero-order valence-electron chi connectivity index (χ0n) is 6.43. The van der Waals surface area contributed by atoms with E-state index in [9.17, 15) is 9.50 Å². The third-order valence-electron chi connectivity index (χ3n) is 1.91. The molecule has 0 heterocycles. The van der Waals surface area contributed by atoms with Crippen LogP contribution >= 0.6 is 12.2 Å². The summed E-state index contributed by atoms with van der Waals surface area (Å²) in [5.41, 5.74) is -1.07. The van der Waals surface area contributed by atoms with E-state index in [1.807, 2.05) is 0 Å². The average Bonchev–Trinajstić information content (AvgIpc) is 1.83. The Morgan fingerprint density at radius 1 is 1.82 bits per heavy atom. The van der Waals surface area contributed by atoms with Gasteiger partial charge in [-0.1, -0.05) is 12.2 Å². The molecule has 0 saturated heterocycles. The topological polar surface area (TPSA) is 32.3 Å². The second kappa shape index (κ2) is 3.03. The highest BCUT2D eigenvalue weighted by molar-refractivity contribution is 7.80. The van der Waals surface area contributed by atoms with Gasteiger partial charge in [-0.2, -0.15) is 0 Å². The summed E-state index contributed by atoms with van der Waals surface area (Å²) in [6, 6.07) is 0.174. The third kappa shape index (κ3) is 2.10. The van der Waals surface area contributed by atoms with Crippen LogP contribution in [0, 0.1) is 0 Å². The standard InChI is InChI=1S/C7H12FNOS/c1-5(11)9-6-2-7(10,3-6)4-8/h6,10H,2-4H2,1H3,(H,9,11)/t6-,7+. The van der Waals surface area contributed by atoms with Crippen molar-refractivity contribution in [1.82, 2.24) is 5.32 Å². The number of thiocarbonyl (C=S) groups is 1. The van der Waals surface area contributed by atoms with Crippen LogP contribution in [0.25, 0.3) is 0 Å². The Morgan fingerprint density at radius 3 is 2.73 bits per heavy atom. The highest BCUT2D eigenvalue weighted by Crippen LogP contribution is 2.32. The molecule has 1 aliphatic carbocycles. The lowest BCUT2D eigenvalue weighted by Crippen LogP contribution is -2.55. The minimum Gasteiger partial charge on any atom is -0.387 e. The van der Waals surface area contributed by atoms with Gasteiger partial charge in [0.1, 0.15) is 6.67 Å². The van der Waals surface area contributed by atoms with Gasteiger partial charge in [0.25, 0.3) is 0 Å². The summed E-state index contributed by atoms with van der Waals surface area (Å²) in [5.74, 6) is 0. The molecule has 0 aromatic carbocycles. The predicted molar refractivity (Wildman–Crippen MR) is 45.4 cm³/mol. The maximum atomic E-state index is 12.0. The van der Waals surface area contributed by atoms with Gasteiger partial charge in [0.2, 0.25) is 0 Å². The SMILES string of the molecule is CC(=S)N[C@H]1C[C@](O)(CF)C1. The van der Waals surface area contributed by atoms with Crippen LogP contribution in [-0.2, 0) is 0 Å². The normalized spacial score (nSPS) is 36.1. The molecule has 11 heavy (non-hydrogen) atoms. The smallest absolute Gasteiger partial charge is 0.118 e. The maximum Gasteiger partial charge on any atom is 0.118 e. The van der Waals surface area contributed by atoms with Crippen molar-refractivity contribution >= 4 is 17.2 Å². The van der Waals surface area contributed by atoms with Crippen molar-refractivity contribution in [3.8, 4) is 0 Å². The number of halogens is 1. The van der Waals surface area contributed by atoms with Crippen LogP contribution in [0.5, 0.6) is 0 Å². The van der Waals surface area contributed by atoms with Gasteiger partial charge in [-0.25, -0.2) is 4.39 Å². The second-order valence-corrected chi connectivity index (χ2v) is 3.78. The number of rotatable bonds is 2. The monoisotopic (exact) mass is 177 g/mol. The predicted octanol–water partition coefficient (Wildman–Crippen LogP) is 0.786. The van der Waals surface area contributed by atoms with Crippen molar-refractivity contribution in [1.29, 1.82) is 0 Å². The van der Waals surface area contributed by atoms with Crippen molar-refractivity contribution < 1.29 is 9.50 Å². The Labute approximate surface area is 70.8 Å². The largest absolute Gasteiger partial charge is 0.387 e. The van der Waals surface area contributed by atoms with Crippen LogP contribution < -0.4 is 5.32 Å². The van der Waals surface area contributed by atoms with Crippen molar-refractivity contribution in [2.24, 2.45) is 0 Å². The number of hydrogen-bond donors (Lipinski definition) is 2. The highest BCUT2D eigenvalue weighted by atomic mass is 32.1. The summed E-state index contributed by atoms with van der Waals surface area (Å²) in [6.45, 7) is 1.13. The minimum absolute atomic E-state index is 0.174. The Hall–Kier alpha value is -0.220. The maximum absolute atomic E-state index is 12.0. The van der Waals surface area contributed by atoms with E-state index in [1.54, 1.807) is 6.92 Å². The molecule has 1 fully saturated rings. The number of hydrogen-bond acceptors (Lipinski definition) is 2. The lowest BCUT2D eigenvalue weighted by molar-refractivity contribution is -0.0677. The Bertz CT molecular complexity index is 168. The van der Waals surface area contributed by atoms with Crippen LogP contribution in [0.3, 0.4) is 0 Å². The minimum atomic E-state index is -1.07. The lowest BCUT2D eigenvalue weighted by Gasteiger charge is -2.42. The van der Waals surface area contributed by atoms with E-state index in [1.165, 1.54) is 0 Å². The Kier molecular flexibility index (Phi) is 2.44. The fourth-order valence-corrected chi connectivity index (χ4v) is 1.52. The van der Waals surface area contributed by atoms with E-state index in [4.69, 9.17) is 12.2 Å². The molecule has 1 saturated carbocycles. The first-order chi connectivity index (χ1) is 5.06. The van der Waals surface area contributed by atoms with Gasteiger partial charge in [0, 0.05) is 6.04 Å². The lowest BCUT2D eigenvalue weighted by atomic mass is 9.77. The summed E-state index contributed by atoms with van der Waals surface area (Å²) in [6.07, 6.45) is 0.939. The number of nitrogens with one attached hydrogen (secondary N) is 1. The first-order valence-electron chi connectivity index (χ1n) is 3.61. The Morgan fingerprint density at radius 2 is 2.36 bits per heavy atom. The van der Waals surface area contributed by atoms with Gasteiger partial charge >= 0.3 is 0 Å². The fraction of sp³-hybridized carbons (Fsp3) is 0.857. The van der Waals surface area contributed by atoms with E-state index in [2.05, 4.69) is 5.32 Å². The molecule has 0 unspecified atom stereocenters. The fourth-order valence-electron chi connectivity index (χ4n) is 1.36. The highest BCUT2D eigenvalue weighted by Gasteiger charge is 2.42. The molecule has 0 radical (unpaired) electrons. The zero-order valence-corrected chi connectivity index (χ0v) is 7.25. The molecule has 2 N–H and O–H groups in total. The van der Waals surface area contributed by atoms with Crippen LogP contribution in [0.15, 0.2) is 0 Å². The molecule has 1 rings (SSSR count). The summed E-state index contributed by atoms with van der Waals surface area (Å²) in [5, 5.41) is 12.2. The van der Waals surface area contributed by atoms with Crippen LogP contribution in [-0.4, -0.2) is 28.4 Å². The molecule has 1 aliphatic rings. The molecule has 2 nitrogen and oxygen atoms in total. The van der Waals surface area contributed by atoms with Gasteiger partial charge in [-0.15, -0.1) is 0 Å². The van der Waals surface area contributed by atoms with E-state index in [0.717, 1.165) is 0 Å². The molecule has 0 atom stereocenters. The van der Waals surface area contributed by atoms with E-state index < -0.39 is 12.3 Å². The molecule has 0 aromatic rings. The molecule has 64 valence electrons. The summed E-state index contributed by atoms with van der Waals surface area (Å²) < 4.78 is 12.0. The van der Waals surface area contributed by atoms with Crippen LogP contribution in [0.2, 0.25) is 0 Å². The number of aliphatic hydroxyl groups is 1. The molecular weight excluding hydrogens is 165 g/mol. The third-order valence-corrected chi connectivity index (χ3v) is 2.03. The molecule has 0 spiro atoms. The van der Waals surface area contributed by atoms with Crippen molar-refractivity contribution in [2.45, 2.75) is 31.4 Å². The summed E-state index contributed by atoms with van der Waals surface area (Å²) >= 11 is 4.80. The van der Waals surface area contributed by atoms with Gasteiger partial charge in [-0.3, -0.25) is 0 Å². The first-order valence-corrected chi connectivity index (χ1v) is 4.02. The zero-order chi connectivity index (χ0) is 8.48.